The predicted molar refractivity (Wildman–Crippen MR) is 69.2 cm³/mol. The smallest absolute Gasteiger partial charge is 0.339 e. The van der Waals surface area contributed by atoms with Crippen molar-refractivity contribution < 1.29 is 13.9 Å². The molecule has 1 heterocycles. The molecule has 0 aliphatic carbocycles. The fraction of sp³-hybridized carbons (Fsp3) is 0.308. The van der Waals surface area contributed by atoms with Crippen LogP contribution < -0.4 is 0 Å². The number of benzene rings is 1. The van der Waals surface area contributed by atoms with Gasteiger partial charge in [-0.2, -0.15) is 0 Å². The Kier molecular flexibility index (Phi) is 3.52. The molecule has 17 heavy (non-hydrogen) atoms. The number of esters is 1. The van der Waals surface area contributed by atoms with Crippen LogP contribution in [0, 0.1) is 0 Å². The van der Waals surface area contributed by atoms with Crippen LogP contribution in [0.4, 0.5) is 0 Å². The maximum absolute atomic E-state index is 12.0. The van der Waals surface area contributed by atoms with Crippen molar-refractivity contribution in [1.82, 2.24) is 0 Å². The molecule has 0 radical (unpaired) electrons. The molecule has 0 atom stereocenters. The number of hydrogen-bond acceptors (Lipinski definition) is 3. The number of hydrogen-bond donors (Lipinski definition) is 0. The van der Waals surface area contributed by atoms with Gasteiger partial charge < -0.3 is 9.15 Å². The summed E-state index contributed by atoms with van der Waals surface area (Å²) in [7, 11) is 0. The first-order chi connectivity index (χ1) is 8.19. The summed E-state index contributed by atoms with van der Waals surface area (Å²) in [5, 5.41) is 0.809. The molecular weight excluding hydrogens is 284 g/mol. The van der Waals surface area contributed by atoms with E-state index >= 15 is 0 Å². The third kappa shape index (κ3) is 2.09. The fourth-order valence-corrected chi connectivity index (χ4v) is 2.59. The lowest BCUT2D eigenvalue weighted by molar-refractivity contribution is 0.0527. The molecule has 0 bridgehead atoms. The van der Waals surface area contributed by atoms with Gasteiger partial charge in [0.1, 0.15) is 5.58 Å². The molecule has 0 aliphatic heterocycles. The van der Waals surface area contributed by atoms with Gasteiger partial charge in [-0.3, -0.25) is 0 Å². The number of rotatable bonds is 3. The summed E-state index contributed by atoms with van der Waals surface area (Å²) in [4.78, 5) is 12.0. The van der Waals surface area contributed by atoms with Crippen LogP contribution in [-0.2, 0) is 11.2 Å². The van der Waals surface area contributed by atoms with Crippen molar-refractivity contribution in [2.24, 2.45) is 0 Å². The Morgan fingerprint density at radius 1 is 1.47 bits per heavy atom. The van der Waals surface area contributed by atoms with E-state index in [2.05, 4.69) is 15.9 Å². The average molecular weight is 297 g/mol. The van der Waals surface area contributed by atoms with Crippen LogP contribution >= 0.6 is 15.9 Å². The molecule has 0 saturated carbocycles. The van der Waals surface area contributed by atoms with Gasteiger partial charge in [0, 0.05) is 9.86 Å². The maximum Gasteiger partial charge on any atom is 0.339 e. The quantitative estimate of drug-likeness (QED) is 0.806. The van der Waals surface area contributed by atoms with Crippen LogP contribution in [-0.4, -0.2) is 12.6 Å². The van der Waals surface area contributed by atoms with E-state index in [1.807, 2.05) is 13.0 Å². The van der Waals surface area contributed by atoms with Crippen molar-refractivity contribution in [3.8, 4) is 0 Å². The van der Waals surface area contributed by atoms with E-state index in [0.717, 1.165) is 21.8 Å². The zero-order valence-corrected chi connectivity index (χ0v) is 11.3. The fourth-order valence-electron chi connectivity index (χ4n) is 1.91. The number of fused-ring (bicyclic) bond motifs is 1. The zero-order valence-electron chi connectivity index (χ0n) is 9.75. The minimum absolute atomic E-state index is 0.294. The molecule has 0 saturated heterocycles. The lowest BCUT2D eigenvalue weighted by atomic mass is 10.0. The molecule has 0 unspecified atom stereocenters. The maximum atomic E-state index is 12.0. The van der Waals surface area contributed by atoms with E-state index in [4.69, 9.17) is 9.15 Å². The highest BCUT2D eigenvalue weighted by Gasteiger charge is 2.19. The molecule has 90 valence electrons. The summed E-state index contributed by atoms with van der Waals surface area (Å²) in [6, 6.07) is 3.68. The lowest BCUT2D eigenvalue weighted by Gasteiger charge is -2.10. The molecule has 0 amide bonds. The largest absolute Gasteiger partial charge is 0.464 e. The van der Waals surface area contributed by atoms with Crippen LogP contribution in [0.2, 0.25) is 0 Å². The second kappa shape index (κ2) is 4.92. The van der Waals surface area contributed by atoms with Gasteiger partial charge in [-0.25, -0.2) is 4.79 Å². The third-order valence-corrected chi connectivity index (χ3v) is 3.35. The molecule has 1 aromatic carbocycles. The molecular formula is C13H13BrO3. The van der Waals surface area contributed by atoms with Gasteiger partial charge >= 0.3 is 5.97 Å². The van der Waals surface area contributed by atoms with E-state index < -0.39 is 0 Å². The lowest BCUT2D eigenvalue weighted by Crippen LogP contribution is -2.09. The van der Waals surface area contributed by atoms with Crippen molar-refractivity contribution in [3.63, 3.8) is 0 Å². The van der Waals surface area contributed by atoms with Crippen LogP contribution in [0.25, 0.3) is 11.0 Å². The van der Waals surface area contributed by atoms with E-state index in [1.54, 1.807) is 19.3 Å². The number of halogens is 1. The average Bonchev–Trinajstić information content (AvgIpc) is 2.74. The Morgan fingerprint density at radius 3 is 2.88 bits per heavy atom. The van der Waals surface area contributed by atoms with Gasteiger partial charge in [0.2, 0.25) is 0 Å². The first-order valence-corrected chi connectivity index (χ1v) is 6.34. The Bertz CT molecular complexity index is 557. The summed E-state index contributed by atoms with van der Waals surface area (Å²) in [6.45, 7) is 4.18. The van der Waals surface area contributed by atoms with Gasteiger partial charge in [-0.1, -0.05) is 22.9 Å². The molecule has 0 fully saturated rings. The molecule has 3 nitrogen and oxygen atoms in total. The van der Waals surface area contributed by atoms with Gasteiger partial charge in [0.25, 0.3) is 0 Å². The monoisotopic (exact) mass is 296 g/mol. The topological polar surface area (TPSA) is 39.4 Å². The normalized spacial score (nSPS) is 10.8. The first-order valence-electron chi connectivity index (χ1n) is 5.54. The summed E-state index contributed by atoms with van der Waals surface area (Å²) in [5.74, 6) is -0.294. The highest BCUT2D eigenvalue weighted by molar-refractivity contribution is 9.10. The van der Waals surface area contributed by atoms with Crippen LogP contribution in [0.3, 0.4) is 0 Å². The minimum atomic E-state index is -0.294. The van der Waals surface area contributed by atoms with Gasteiger partial charge in [-0.15, -0.1) is 0 Å². The molecule has 4 heteroatoms. The summed E-state index contributed by atoms with van der Waals surface area (Å²) >= 11 is 3.46. The number of furan rings is 1. The van der Waals surface area contributed by atoms with Gasteiger partial charge in [0.05, 0.1) is 18.4 Å². The highest BCUT2D eigenvalue weighted by atomic mass is 79.9. The van der Waals surface area contributed by atoms with Crippen molar-refractivity contribution >= 4 is 32.9 Å². The van der Waals surface area contributed by atoms with E-state index in [-0.39, 0.29) is 5.97 Å². The molecule has 1 aromatic heterocycles. The molecule has 0 N–H and O–H groups in total. The van der Waals surface area contributed by atoms with Gasteiger partial charge in [-0.05, 0) is 31.0 Å². The van der Waals surface area contributed by atoms with Crippen molar-refractivity contribution in [3.05, 3.63) is 34.0 Å². The standard InChI is InChI=1S/C13H13BrO3/c1-3-8-10(14)7-11-9(5-6-17-11)12(8)13(15)16-4-2/h5-7H,3-4H2,1-2H3. The molecule has 0 spiro atoms. The Labute approximate surface area is 108 Å². The summed E-state index contributed by atoms with van der Waals surface area (Å²) < 4.78 is 11.3. The SMILES string of the molecule is CCOC(=O)c1c(CC)c(Br)cc2occc12. The molecule has 2 aromatic rings. The zero-order chi connectivity index (χ0) is 12.4. The van der Waals surface area contributed by atoms with Crippen LogP contribution in [0.15, 0.2) is 27.3 Å². The third-order valence-electron chi connectivity index (χ3n) is 2.65. The molecule has 0 aliphatic rings. The minimum Gasteiger partial charge on any atom is -0.464 e. The van der Waals surface area contributed by atoms with E-state index in [0.29, 0.717) is 17.8 Å². The molecule has 2 rings (SSSR count). The number of carbonyl (C=O) groups is 1. The van der Waals surface area contributed by atoms with E-state index in [9.17, 15) is 4.79 Å². The first kappa shape index (κ1) is 12.2. The van der Waals surface area contributed by atoms with E-state index in [1.165, 1.54) is 0 Å². The van der Waals surface area contributed by atoms with Crippen LogP contribution in [0.5, 0.6) is 0 Å². The Balaban J connectivity index is 2.71. The van der Waals surface area contributed by atoms with Crippen LogP contribution in [0.1, 0.15) is 29.8 Å². The highest BCUT2D eigenvalue weighted by Crippen LogP contribution is 2.31. The van der Waals surface area contributed by atoms with Gasteiger partial charge in [0.15, 0.2) is 0 Å². The second-order valence-electron chi connectivity index (χ2n) is 3.62. The Morgan fingerprint density at radius 2 is 2.24 bits per heavy atom. The number of carbonyl (C=O) groups excluding carboxylic acids is 1. The summed E-state index contributed by atoms with van der Waals surface area (Å²) in [5.41, 5.74) is 2.25. The second-order valence-corrected chi connectivity index (χ2v) is 4.47. The summed E-state index contributed by atoms with van der Waals surface area (Å²) in [6.07, 6.45) is 2.34. The van der Waals surface area contributed by atoms with Crippen molar-refractivity contribution in [2.45, 2.75) is 20.3 Å². The number of ether oxygens (including phenoxy) is 1. The van der Waals surface area contributed by atoms with Crippen molar-refractivity contribution in [2.75, 3.05) is 6.61 Å². The van der Waals surface area contributed by atoms with Crippen molar-refractivity contribution in [1.29, 1.82) is 0 Å². The Hall–Kier alpha value is -1.29. The predicted octanol–water partition coefficient (Wildman–Crippen LogP) is 3.93.